The monoisotopic (exact) mass is 288 g/mol. The van der Waals surface area contributed by atoms with Gasteiger partial charge in [0.2, 0.25) is 0 Å². The van der Waals surface area contributed by atoms with Gasteiger partial charge in [0.15, 0.2) is 0 Å². The summed E-state index contributed by atoms with van der Waals surface area (Å²) >= 11 is 0. The maximum absolute atomic E-state index is 4.40. The topological polar surface area (TPSA) is 24.9 Å². The van der Waals surface area contributed by atoms with Crippen LogP contribution in [0.2, 0.25) is 0 Å². The molecule has 0 saturated heterocycles. The number of benzene rings is 2. The third kappa shape index (κ3) is 2.35. The fourth-order valence-corrected chi connectivity index (χ4v) is 3.65. The maximum atomic E-state index is 4.40. The highest BCUT2D eigenvalue weighted by atomic mass is 15.0. The minimum atomic E-state index is 0.0805. The third-order valence-corrected chi connectivity index (χ3v) is 4.77. The van der Waals surface area contributed by atoms with Crippen molar-refractivity contribution in [2.24, 2.45) is 0 Å². The fourth-order valence-electron chi connectivity index (χ4n) is 3.65. The summed E-state index contributed by atoms with van der Waals surface area (Å²) in [5.74, 6) is 0. The Hall–Kier alpha value is -2.35. The van der Waals surface area contributed by atoms with Crippen LogP contribution >= 0.6 is 0 Å². The van der Waals surface area contributed by atoms with Crippen molar-refractivity contribution in [2.45, 2.75) is 31.2 Å². The molecule has 1 aliphatic rings. The van der Waals surface area contributed by atoms with Crippen molar-refractivity contribution in [3.8, 4) is 0 Å². The maximum Gasteiger partial charge on any atom is 0.0703 e. The standard InChI is InChI=1S/C20H20N2/c1-2-8-17(9-3-1)20(12-4-5-13-20)22-18-10-11-19-16(15-18)7-6-14-21-19/h1-3,6-11,14-15,22H,4-5,12-13H2. The number of pyridine rings is 1. The first-order chi connectivity index (χ1) is 10.9. The van der Waals surface area contributed by atoms with E-state index in [0.717, 1.165) is 5.52 Å². The number of rotatable bonds is 3. The van der Waals surface area contributed by atoms with E-state index in [9.17, 15) is 0 Å². The first kappa shape index (κ1) is 13.3. The highest BCUT2D eigenvalue weighted by Crippen LogP contribution is 2.41. The van der Waals surface area contributed by atoms with E-state index in [2.05, 4.69) is 64.9 Å². The number of fused-ring (bicyclic) bond motifs is 1. The van der Waals surface area contributed by atoms with Gasteiger partial charge < -0.3 is 5.32 Å². The number of hydrogen-bond donors (Lipinski definition) is 1. The van der Waals surface area contributed by atoms with Gasteiger partial charge in [-0.05, 0) is 42.7 Å². The summed E-state index contributed by atoms with van der Waals surface area (Å²) < 4.78 is 0. The van der Waals surface area contributed by atoms with Crippen LogP contribution in [-0.4, -0.2) is 4.98 Å². The lowest BCUT2D eigenvalue weighted by Gasteiger charge is -2.32. The summed E-state index contributed by atoms with van der Waals surface area (Å²) in [5.41, 5.74) is 3.72. The van der Waals surface area contributed by atoms with E-state index in [1.54, 1.807) is 0 Å². The second-order valence-electron chi connectivity index (χ2n) is 6.19. The number of anilines is 1. The van der Waals surface area contributed by atoms with Crippen molar-refractivity contribution in [1.29, 1.82) is 0 Å². The Bertz CT molecular complexity index is 774. The Morgan fingerprint density at radius 3 is 2.50 bits per heavy atom. The van der Waals surface area contributed by atoms with Crippen molar-refractivity contribution in [3.05, 3.63) is 72.4 Å². The molecule has 1 aromatic heterocycles. The van der Waals surface area contributed by atoms with Crippen molar-refractivity contribution in [1.82, 2.24) is 4.98 Å². The summed E-state index contributed by atoms with van der Waals surface area (Å²) in [4.78, 5) is 4.40. The minimum absolute atomic E-state index is 0.0805. The molecular formula is C20H20N2. The van der Waals surface area contributed by atoms with Gasteiger partial charge in [0, 0.05) is 17.3 Å². The lowest BCUT2D eigenvalue weighted by Crippen LogP contribution is -2.32. The van der Waals surface area contributed by atoms with E-state index in [4.69, 9.17) is 0 Å². The summed E-state index contributed by atoms with van der Waals surface area (Å²) in [5, 5.41) is 5.02. The Balaban J connectivity index is 1.72. The second-order valence-corrected chi connectivity index (χ2v) is 6.19. The smallest absolute Gasteiger partial charge is 0.0703 e. The molecule has 4 rings (SSSR count). The molecular weight excluding hydrogens is 268 g/mol. The number of hydrogen-bond acceptors (Lipinski definition) is 2. The molecule has 22 heavy (non-hydrogen) atoms. The van der Waals surface area contributed by atoms with E-state index in [1.807, 2.05) is 12.3 Å². The Kier molecular flexibility index (Phi) is 3.30. The van der Waals surface area contributed by atoms with Crippen molar-refractivity contribution >= 4 is 16.6 Å². The van der Waals surface area contributed by atoms with Gasteiger partial charge in [-0.3, -0.25) is 4.98 Å². The predicted molar refractivity (Wildman–Crippen MR) is 92.0 cm³/mol. The number of nitrogens with zero attached hydrogens (tertiary/aromatic N) is 1. The van der Waals surface area contributed by atoms with E-state index in [-0.39, 0.29) is 5.54 Å². The van der Waals surface area contributed by atoms with Crippen molar-refractivity contribution in [3.63, 3.8) is 0 Å². The largest absolute Gasteiger partial charge is 0.376 e. The van der Waals surface area contributed by atoms with Gasteiger partial charge in [-0.2, -0.15) is 0 Å². The molecule has 0 atom stereocenters. The molecule has 1 saturated carbocycles. The summed E-state index contributed by atoms with van der Waals surface area (Å²) in [7, 11) is 0. The molecule has 2 aromatic carbocycles. The van der Waals surface area contributed by atoms with Gasteiger partial charge >= 0.3 is 0 Å². The molecule has 0 spiro atoms. The van der Waals surface area contributed by atoms with Crippen LogP contribution in [-0.2, 0) is 5.54 Å². The van der Waals surface area contributed by atoms with Crippen LogP contribution in [0.1, 0.15) is 31.2 Å². The van der Waals surface area contributed by atoms with Gasteiger partial charge in [0.1, 0.15) is 0 Å². The van der Waals surface area contributed by atoms with Gasteiger partial charge in [0.25, 0.3) is 0 Å². The van der Waals surface area contributed by atoms with Crippen LogP contribution in [0.25, 0.3) is 10.9 Å². The van der Waals surface area contributed by atoms with E-state index >= 15 is 0 Å². The van der Waals surface area contributed by atoms with E-state index in [0.29, 0.717) is 0 Å². The predicted octanol–water partition coefficient (Wildman–Crippen LogP) is 5.12. The highest BCUT2D eigenvalue weighted by Gasteiger charge is 2.35. The molecule has 1 N–H and O–H groups in total. The van der Waals surface area contributed by atoms with Crippen molar-refractivity contribution < 1.29 is 0 Å². The molecule has 0 amide bonds. The van der Waals surface area contributed by atoms with Crippen LogP contribution in [0.5, 0.6) is 0 Å². The average molecular weight is 288 g/mol. The average Bonchev–Trinajstić information content (AvgIpc) is 3.05. The summed E-state index contributed by atoms with van der Waals surface area (Å²) in [6.45, 7) is 0. The third-order valence-electron chi connectivity index (χ3n) is 4.77. The van der Waals surface area contributed by atoms with Crippen LogP contribution in [0, 0.1) is 0 Å². The normalized spacial score (nSPS) is 16.7. The number of nitrogens with one attached hydrogen (secondary N) is 1. The SMILES string of the molecule is c1ccc(C2(Nc3ccc4ncccc4c3)CCCC2)cc1. The zero-order valence-corrected chi connectivity index (χ0v) is 12.6. The van der Waals surface area contributed by atoms with Crippen LogP contribution in [0.3, 0.4) is 0 Å². The Morgan fingerprint density at radius 2 is 1.68 bits per heavy atom. The molecule has 0 bridgehead atoms. The summed E-state index contributed by atoms with van der Waals surface area (Å²) in [6, 6.07) is 21.5. The molecule has 0 unspecified atom stereocenters. The van der Waals surface area contributed by atoms with Gasteiger partial charge in [-0.1, -0.05) is 49.2 Å². The first-order valence-electron chi connectivity index (χ1n) is 8.04. The summed E-state index contributed by atoms with van der Waals surface area (Å²) in [6.07, 6.45) is 6.82. The highest BCUT2D eigenvalue weighted by molar-refractivity contribution is 5.82. The lowest BCUT2D eigenvalue weighted by molar-refractivity contribution is 0.509. The molecule has 2 heteroatoms. The molecule has 1 heterocycles. The fraction of sp³-hybridized carbons (Fsp3) is 0.250. The van der Waals surface area contributed by atoms with E-state index in [1.165, 1.54) is 42.3 Å². The molecule has 2 nitrogen and oxygen atoms in total. The second kappa shape index (κ2) is 5.45. The molecule has 110 valence electrons. The van der Waals surface area contributed by atoms with Gasteiger partial charge in [-0.25, -0.2) is 0 Å². The van der Waals surface area contributed by atoms with Gasteiger partial charge in [-0.15, -0.1) is 0 Å². The van der Waals surface area contributed by atoms with Crippen LogP contribution in [0.4, 0.5) is 5.69 Å². The zero-order chi connectivity index (χ0) is 14.8. The Labute approximate surface area is 131 Å². The van der Waals surface area contributed by atoms with Crippen LogP contribution < -0.4 is 5.32 Å². The minimum Gasteiger partial charge on any atom is -0.376 e. The lowest BCUT2D eigenvalue weighted by atomic mass is 9.88. The number of aromatic nitrogens is 1. The quantitative estimate of drug-likeness (QED) is 0.724. The molecule has 1 aliphatic carbocycles. The molecule has 0 radical (unpaired) electrons. The zero-order valence-electron chi connectivity index (χ0n) is 12.6. The van der Waals surface area contributed by atoms with E-state index < -0.39 is 0 Å². The first-order valence-corrected chi connectivity index (χ1v) is 8.04. The molecule has 0 aliphatic heterocycles. The molecule has 1 fully saturated rings. The Morgan fingerprint density at radius 1 is 0.864 bits per heavy atom. The van der Waals surface area contributed by atoms with Crippen molar-refractivity contribution in [2.75, 3.05) is 5.32 Å². The van der Waals surface area contributed by atoms with Crippen LogP contribution in [0.15, 0.2) is 66.9 Å². The van der Waals surface area contributed by atoms with Gasteiger partial charge in [0.05, 0.1) is 11.1 Å². The molecule has 3 aromatic rings.